The van der Waals surface area contributed by atoms with E-state index in [-0.39, 0.29) is 12.0 Å². The molecule has 5 nitrogen and oxygen atoms in total. The molecule has 0 amide bonds. The lowest BCUT2D eigenvalue weighted by Gasteiger charge is -2.09. The number of nitrogens with zero attached hydrogens (tertiary/aromatic N) is 2. The Balaban J connectivity index is 2.26. The molecule has 16 heavy (non-hydrogen) atoms. The highest BCUT2D eigenvalue weighted by Crippen LogP contribution is 2.23. The van der Waals surface area contributed by atoms with Crippen molar-refractivity contribution in [2.45, 2.75) is 26.8 Å². The summed E-state index contributed by atoms with van der Waals surface area (Å²) in [6, 6.07) is 1.64. The molecule has 0 radical (unpaired) electrons. The van der Waals surface area contributed by atoms with Crippen molar-refractivity contribution in [2.24, 2.45) is 11.7 Å². The highest BCUT2D eigenvalue weighted by atomic mass is 16.5. The summed E-state index contributed by atoms with van der Waals surface area (Å²) in [5.41, 5.74) is 6.71. The van der Waals surface area contributed by atoms with Crippen LogP contribution in [0.15, 0.2) is 21.3 Å². The van der Waals surface area contributed by atoms with Crippen LogP contribution in [-0.4, -0.2) is 10.1 Å². The minimum Gasteiger partial charge on any atom is -0.469 e. The molecule has 0 aliphatic heterocycles. The Morgan fingerprint density at radius 2 is 2.12 bits per heavy atom. The zero-order valence-electron chi connectivity index (χ0n) is 9.60. The van der Waals surface area contributed by atoms with Crippen LogP contribution in [0.5, 0.6) is 0 Å². The van der Waals surface area contributed by atoms with Crippen LogP contribution in [0.1, 0.15) is 31.5 Å². The monoisotopic (exact) mass is 221 g/mol. The van der Waals surface area contributed by atoms with Gasteiger partial charge in [-0.05, 0) is 18.9 Å². The van der Waals surface area contributed by atoms with Gasteiger partial charge in [-0.3, -0.25) is 0 Å². The maximum absolute atomic E-state index is 5.93. The van der Waals surface area contributed by atoms with Crippen LogP contribution in [0.4, 0.5) is 0 Å². The standard InChI is InChI=1S/C11H15N3O2/c1-6(2)9(12)10-13-11(16-14-10)8-4-7(3)15-5-8/h4-6,9H,12H2,1-3H3. The fourth-order valence-electron chi connectivity index (χ4n) is 1.34. The van der Waals surface area contributed by atoms with Crippen molar-refractivity contribution in [3.8, 4) is 11.5 Å². The third-order valence-corrected chi connectivity index (χ3v) is 2.44. The molecule has 2 heterocycles. The van der Waals surface area contributed by atoms with Crippen molar-refractivity contribution in [3.63, 3.8) is 0 Å². The van der Waals surface area contributed by atoms with Gasteiger partial charge in [0.05, 0.1) is 11.6 Å². The molecule has 0 aliphatic carbocycles. The van der Waals surface area contributed by atoms with Crippen LogP contribution in [0.2, 0.25) is 0 Å². The van der Waals surface area contributed by atoms with Gasteiger partial charge >= 0.3 is 0 Å². The number of hydrogen-bond donors (Lipinski definition) is 1. The number of furan rings is 1. The first-order valence-electron chi connectivity index (χ1n) is 5.22. The van der Waals surface area contributed by atoms with Crippen LogP contribution >= 0.6 is 0 Å². The van der Waals surface area contributed by atoms with E-state index >= 15 is 0 Å². The van der Waals surface area contributed by atoms with Crippen molar-refractivity contribution in [1.29, 1.82) is 0 Å². The summed E-state index contributed by atoms with van der Waals surface area (Å²) >= 11 is 0. The SMILES string of the molecule is Cc1cc(-c2nc(C(N)C(C)C)no2)co1. The summed E-state index contributed by atoms with van der Waals surface area (Å²) in [7, 11) is 0. The molecular weight excluding hydrogens is 206 g/mol. The van der Waals surface area contributed by atoms with Crippen LogP contribution < -0.4 is 5.73 Å². The van der Waals surface area contributed by atoms with Gasteiger partial charge in [0.25, 0.3) is 5.89 Å². The lowest BCUT2D eigenvalue weighted by atomic mass is 10.1. The van der Waals surface area contributed by atoms with E-state index in [9.17, 15) is 0 Å². The third kappa shape index (κ3) is 1.99. The normalized spacial score (nSPS) is 13.3. The molecule has 0 aliphatic rings. The minimum atomic E-state index is -0.203. The van der Waals surface area contributed by atoms with Crippen LogP contribution in [0, 0.1) is 12.8 Å². The van der Waals surface area contributed by atoms with Gasteiger partial charge in [-0.25, -0.2) is 0 Å². The van der Waals surface area contributed by atoms with Crippen molar-refractivity contribution in [1.82, 2.24) is 10.1 Å². The summed E-state index contributed by atoms with van der Waals surface area (Å²) in [6.07, 6.45) is 1.59. The molecule has 2 aromatic heterocycles. The maximum atomic E-state index is 5.93. The molecule has 0 spiro atoms. The second kappa shape index (κ2) is 4.09. The molecule has 2 rings (SSSR count). The summed E-state index contributed by atoms with van der Waals surface area (Å²) in [6.45, 7) is 5.89. The van der Waals surface area contributed by atoms with E-state index in [2.05, 4.69) is 10.1 Å². The topological polar surface area (TPSA) is 78.1 Å². The zero-order chi connectivity index (χ0) is 11.7. The van der Waals surface area contributed by atoms with Gasteiger partial charge in [0, 0.05) is 0 Å². The van der Waals surface area contributed by atoms with E-state index in [0.717, 1.165) is 11.3 Å². The highest BCUT2D eigenvalue weighted by molar-refractivity contribution is 5.51. The lowest BCUT2D eigenvalue weighted by molar-refractivity contribution is 0.399. The number of aromatic nitrogens is 2. The average Bonchev–Trinajstić information content (AvgIpc) is 2.84. The molecule has 86 valence electrons. The summed E-state index contributed by atoms with van der Waals surface area (Å²) in [4.78, 5) is 4.25. The van der Waals surface area contributed by atoms with Gasteiger partial charge in [0.1, 0.15) is 12.0 Å². The number of rotatable bonds is 3. The predicted molar refractivity (Wildman–Crippen MR) is 58.5 cm³/mol. The molecule has 2 N–H and O–H groups in total. The Kier molecular flexibility index (Phi) is 2.78. The Morgan fingerprint density at radius 3 is 2.69 bits per heavy atom. The molecule has 5 heteroatoms. The van der Waals surface area contributed by atoms with E-state index in [1.54, 1.807) is 6.26 Å². The Bertz CT molecular complexity index is 473. The van der Waals surface area contributed by atoms with Gasteiger partial charge in [0.15, 0.2) is 5.82 Å². The summed E-state index contributed by atoms with van der Waals surface area (Å²) < 4.78 is 10.3. The maximum Gasteiger partial charge on any atom is 0.261 e. The molecule has 0 aromatic carbocycles. The van der Waals surface area contributed by atoms with E-state index in [4.69, 9.17) is 14.7 Å². The Hall–Kier alpha value is -1.62. The molecule has 0 saturated heterocycles. The molecule has 1 atom stereocenters. The fraction of sp³-hybridized carbons (Fsp3) is 0.455. The first-order valence-corrected chi connectivity index (χ1v) is 5.22. The van der Waals surface area contributed by atoms with E-state index in [1.807, 2.05) is 26.8 Å². The largest absolute Gasteiger partial charge is 0.469 e. The molecular formula is C11H15N3O2. The Labute approximate surface area is 93.6 Å². The van der Waals surface area contributed by atoms with Gasteiger partial charge < -0.3 is 14.7 Å². The first-order chi connectivity index (χ1) is 7.58. The van der Waals surface area contributed by atoms with E-state index in [1.165, 1.54) is 0 Å². The molecule has 1 unspecified atom stereocenters. The first kappa shape index (κ1) is 10.9. The molecule has 0 saturated carbocycles. The van der Waals surface area contributed by atoms with Gasteiger partial charge in [0.2, 0.25) is 0 Å². The second-order valence-corrected chi connectivity index (χ2v) is 4.17. The quantitative estimate of drug-likeness (QED) is 0.860. The van der Waals surface area contributed by atoms with Crippen molar-refractivity contribution in [2.75, 3.05) is 0 Å². The number of nitrogens with two attached hydrogens (primary N) is 1. The molecule has 0 bridgehead atoms. The molecule has 2 aromatic rings. The van der Waals surface area contributed by atoms with E-state index < -0.39 is 0 Å². The summed E-state index contributed by atoms with van der Waals surface area (Å²) in [5.74, 6) is 2.06. The lowest BCUT2D eigenvalue weighted by Crippen LogP contribution is -2.18. The van der Waals surface area contributed by atoms with Gasteiger partial charge in [-0.15, -0.1) is 0 Å². The predicted octanol–water partition coefficient (Wildman–Crippen LogP) is 2.29. The van der Waals surface area contributed by atoms with Crippen LogP contribution in [0.25, 0.3) is 11.5 Å². The van der Waals surface area contributed by atoms with Crippen molar-refractivity contribution < 1.29 is 8.94 Å². The van der Waals surface area contributed by atoms with Crippen LogP contribution in [-0.2, 0) is 0 Å². The van der Waals surface area contributed by atoms with E-state index in [0.29, 0.717) is 11.7 Å². The zero-order valence-corrected chi connectivity index (χ0v) is 9.60. The minimum absolute atomic E-state index is 0.203. The van der Waals surface area contributed by atoms with Gasteiger partial charge in [-0.2, -0.15) is 4.98 Å². The third-order valence-electron chi connectivity index (χ3n) is 2.44. The second-order valence-electron chi connectivity index (χ2n) is 4.17. The van der Waals surface area contributed by atoms with Crippen molar-refractivity contribution >= 4 is 0 Å². The smallest absolute Gasteiger partial charge is 0.261 e. The summed E-state index contributed by atoms with van der Waals surface area (Å²) in [5, 5.41) is 3.87. The van der Waals surface area contributed by atoms with Crippen LogP contribution in [0.3, 0.4) is 0 Å². The highest BCUT2D eigenvalue weighted by Gasteiger charge is 2.18. The fourth-order valence-corrected chi connectivity index (χ4v) is 1.34. The van der Waals surface area contributed by atoms with Gasteiger partial charge in [-0.1, -0.05) is 19.0 Å². The number of hydrogen-bond acceptors (Lipinski definition) is 5. The number of aryl methyl sites for hydroxylation is 1. The van der Waals surface area contributed by atoms with Crippen molar-refractivity contribution in [3.05, 3.63) is 23.9 Å². The Morgan fingerprint density at radius 1 is 1.38 bits per heavy atom. The molecule has 0 fully saturated rings. The average molecular weight is 221 g/mol.